The molecule has 0 saturated carbocycles. The van der Waals surface area contributed by atoms with E-state index in [0.717, 1.165) is 25.6 Å². The summed E-state index contributed by atoms with van der Waals surface area (Å²) in [6.07, 6.45) is 1.84. The first kappa shape index (κ1) is 20.1. The highest BCUT2D eigenvalue weighted by Gasteiger charge is 2.34. The first-order valence-electron chi connectivity index (χ1n) is 8.24. The van der Waals surface area contributed by atoms with Crippen molar-refractivity contribution in [2.75, 3.05) is 26.2 Å². The average Bonchev–Trinajstić information content (AvgIpc) is 3.08. The smallest absolute Gasteiger partial charge is 0.245 e. The average molecular weight is 392 g/mol. The van der Waals surface area contributed by atoms with E-state index in [1.165, 1.54) is 22.5 Å². The number of carbonyl (C=O) groups is 1. The van der Waals surface area contributed by atoms with Crippen molar-refractivity contribution in [1.82, 2.24) is 14.9 Å². The number of halogens is 2. The van der Waals surface area contributed by atoms with Crippen molar-refractivity contribution >= 4 is 28.3 Å². The van der Waals surface area contributed by atoms with Crippen LogP contribution in [0.2, 0.25) is 0 Å². The van der Waals surface area contributed by atoms with Gasteiger partial charge in [0.05, 0.1) is 0 Å². The van der Waals surface area contributed by atoms with E-state index in [4.69, 9.17) is 0 Å². The van der Waals surface area contributed by atoms with E-state index in [0.29, 0.717) is 12.8 Å². The zero-order chi connectivity index (χ0) is 17.2. The van der Waals surface area contributed by atoms with Gasteiger partial charge < -0.3 is 10.6 Å². The third kappa shape index (κ3) is 4.49. The number of carbonyl (C=O) groups excluding carboxylic acids is 1. The molecule has 1 aromatic carbocycles. The molecule has 0 bridgehead atoms. The van der Waals surface area contributed by atoms with Crippen LogP contribution in [0.15, 0.2) is 29.2 Å². The number of rotatable bonds is 4. The third-order valence-electron chi connectivity index (χ3n) is 4.69. The van der Waals surface area contributed by atoms with Gasteiger partial charge in [-0.05, 0) is 37.9 Å². The Morgan fingerprint density at radius 1 is 1.20 bits per heavy atom. The highest BCUT2D eigenvalue weighted by Crippen LogP contribution is 2.25. The monoisotopic (exact) mass is 391 g/mol. The van der Waals surface area contributed by atoms with Gasteiger partial charge in [-0.25, -0.2) is 12.8 Å². The summed E-state index contributed by atoms with van der Waals surface area (Å²) in [5, 5.41) is 6.21. The molecule has 1 atom stereocenters. The van der Waals surface area contributed by atoms with Gasteiger partial charge >= 0.3 is 0 Å². The van der Waals surface area contributed by atoms with Gasteiger partial charge in [-0.3, -0.25) is 4.79 Å². The maximum absolute atomic E-state index is 13.8. The van der Waals surface area contributed by atoms with Crippen molar-refractivity contribution in [3.05, 3.63) is 30.1 Å². The molecule has 0 aromatic heterocycles. The lowest BCUT2D eigenvalue weighted by molar-refractivity contribution is -0.126. The van der Waals surface area contributed by atoms with Crippen LogP contribution in [0.1, 0.15) is 19.3 Å². The highest BCUT2D eigenvalue weighted by atomic mass is 35.5. The topological polar surface area (TPSA) is 78.5 Å². The summed E-state index contributed by atoms with van der Waals surface area (Å²) in [6.45, 7) is 2.16. The van der Waals surface area contributed by atoms with Crippen molar-refractivity contribution in [1.29, 1.82) is 0 Å². The molecule has 2 N–H and O–H groups in total. The molecule has 3 rings (SSSR count). The Balaban J connectivity index is 0.00000225. The van der Waals surface area contributed by atoms with Crippen LogP contribution in [0.3, 0.4) is 0 Å². The molecule has 2 aliphatic heterocycles. The molecular formula is C16H23ClFN3O3S. The lowest BCUT2D eigenvalue weighted by atomic mass is 9.97. The number of nitrogens with one attached hydrogen (secondary N) is 2. The molecule has 0 spiro atoms. The molecule has 9 heteroatoms. The summed E-state index contributed by atoms with van der Waals surface area (Å²) >= 11 is 0. The second-order valence-electron chi connectivity index (χ2n) is 6.31. The van der Waals surface area contributed by atoms with E-state index in [2.05, 4.69) is 10.6 Å². The fourth-order valence-corrected chi connectivity index (χ4v) is 4.78. The van der Waals surface area contributed by atoms with Crippen molar-refractivity contribution in [3.8, 4) is 0 Å². The largest absolute Gasteiger partial charge is 0.352 e. The maximum atomic E-state index is 13.8. The van der Waals surface area contributed by atoms with Crippen LogP contribution in [-0.4, -0.2) is 50.9 Å². The van der Waals surface area contributed by atoms with Crippen molar-refractivity contribution in [2.45, 2.75) is 30.2 Å². The minimum absolute atomic E-state index is 0. The van der Waals surface area contributed by atoms with Gasteiger partial charge in [-0.15, -0.1) is 12.4 Å². The lowest BCUT2D eigenvalue weighted by Crippen LogP contribution is -2.45. The first-order chi connectivity index (χ1) is 11.5. The second-order valence-corrected chi connectivity index (χ2v) is 8.21. The van der Waals surface area contributed by atoms with Crippen LogP contribution in [0.5, 0.6) is 0 Å². The van der Waals surface area contributed by atoms with E-state index in [9.17, 15) is 17.6 Å². The molecule has 1 amide bonds. The number of hydrogen-bond acceptors (Lipinski definition) is 4. The maximum Gasteiger partial charge on any atom is 0.245 e. The van der Waals surface area contributed by atoms with Gasteiger partial charge in [-0.2, -0.15) is 4.31 Å². The normalized spacial score (nSPS) is 22.4. The molecule has 2 saturated heterocycles. The quantitative estimate of drug-likeness (QED) is 0.806. The molecular weight excluding hydrogens is 369 g/mol. The van der Waals surface area contributed by atoms with Crippen molar-refractivity contribution < 1.29 is 17.6 Å². The van der Waals surface area contributed by atoms with Gasteiger partial charge in [0.1, 0.15) is 10.7 Å². The van der Waals surface area contributed by atoms with Crippen molar-refractivity contribution in [2.24, 2.45) is 5.92 Å². The van der Waals surface area contributed by atoms with Gasteiger partial charge in [0.2, 0.25) is 15.9 Å². The van der Waals surface area contributed by atoms with Crippen LogP contribution < -0.4 is 10.6 Å². The number of piperidine rings is 1. The Labute approximate surface area is 153 Å². The Morgan fingerprint density at radius 2 is 1.88 bits per heavy atom. The molecule has 1 aromatic rings. The summed E-state index contributed by atoms with van der Waals surface area (Å²) in [5.41, 5.74) is 0. The van der Waals surface area contributed by atoms with Crippen LogP contribution in [-0.2, 0) is 14.8 Å². The molecule has 0 aliphatic carbocycles. The SMILES string of the molecule is Cl.O=C(NC1CCNC1)C1CCN(S(=O)(=O)c2ccccc2F)CC1. The molecule has 1 unspecified atom stereocenters. The van der Waals surface area contributed by atoms with E-state index in [1.54, 1.807) is 0 Å². The van der Waals surface area contributed by atoms with Gasteiger partial charge in [0.25, 0.3) is 0 Å². The first-order valence-corrected chi connectivity index (χ1v) is 9.68. The number of sulfonamides is 1. The Morgan fingerprint density at radius 3 is 2.48 bits per heavy atom. The Kier molecular flexibility index (Phi) is 6.79. The number of amides is 1. The van der Waals surface area contributed by atoms with E-state index >= 15 is 0 Å². The summed E-state index contributed by atoms with van der Waals surface area (Å²) in [6, 6.07) is 5.55. The van der Waals surface area contributed by atoms with E-state index in [1.807, 2.05) is 0 Å². The highest BCUT2D eigenvalue weighted by molar-refractivity contribution is 7.89. The van der Waals surface area contributed by atoms with Gasteiger partial charge in [-0.1, -0.05) is 12.1 Å². The van der Waals surface area contributed by atoms with Crippen LogP contribution in [0, 0.1) is 11.7 Å². The van der Waals surface area contributed by atoms with Crippen LogP contribution in [0.4, 0.5) is 4.39 Å². The lowest BCUT2D eigenvalue weighted by Gasteiger charge is -2.31. The number of hydrogen-bond donors (Lipinski definition) is 2. The molecule has 2 aliphatic rings. The standard InChI is InChI=1S/C16H22FN3O3S.ClH/c17-14-3-1-2-4-15(14)24(22,23)20-9-6-12(7-10-20)16(21)19-13-5-8-18-11-13;/h1-4,12-13,18H,5-11H2,(H,19,21);1H. The van der Waals surface area contributed by atoms with Crippen LogP contribution >= 0.6 is 12.4 Å². The Hall–Kier alpha value is -1.22. The summed E-state index contributed by atoms with van der Waals surface area (Å²) in [4.78, 5) is 12.0. The zero-order valence-electron chi connectivity index (χ0n) is 13.8. The van der Waals surface area contributed by atoms with Crippen LogP contribution in [0.25, 0.3) is 0 Å². The fraction of sp³-hybridized carbons (Fsp3) is 0.562. The predicted molar refractivity (Wildman–Crippen MR) is 94.5 cm³/mol. The molecule has 2 heterocycles. The third-order valence-corrected chi connectivity index (χ3v) is 6.62. The zero-order valence-corrected chi connectivity index (χ0v) is 15.4. The minimum Gasteiger partial charge on any atom is -0.352 e. The second kappa shape index (κ2) is 8.44. The Bertz CT molecular complexity index is 702. The minimum atomic E-state index is -3.85. The summed E-state index contributed by atoms with van der Waals surface area (Å²) in [5.74, 6) is -0.935. The molecule has 25 heavy (non-hydrogen) atoms. The van der Waals surface area contributed by atoms with Crippen molar-refractivity contribution in [3.63, 3.8) is 0 Å². The molecule has 0 radical (unpaired) electrons. The number of nitrogens with zero attached hydrogens (tertiary/aromatic N) is 1. The van der Waals surface area contributed by atoms with Gasteiger partial charge in [0.15, 0.2) is 0 Å². The molecule has 140 valence electrons. The summed E-state index contributed by atoms with van der Waals surface area (Å²) in [7, 11) is -3.85. The molecule has 6 nitrogen and oxygen atoms in total. The van der Waals surface area contributed by atoms with Gasteiger partial charge in [0, 0.05) is 31.6 Å². The fourth-order valence-electron chi connectivity index (χ4n) is 3.25. The van der Waals surface area contributed by atoms with E-state index in [-0.39, 0.29) is 48.3 Å². The predicted octanol–water partition coefficient (Wildman–Crippen LogP) is 1.13. The summed E-state index contributed by atoms with van der Waals surface area (Å²) < 4.78 is 40.1. The van der Waals surface area contributed by atoms with E-state index < -0.39 is 15.8 Å². The molecule has 2 fully saturated rings. The number of benzene rings is 1.